The maximum absolute atomic E-state index is 5.68. The van der Waals surface area contributed by atoms with Crippen molar-refractivity contribution < 1.29 is 4.74 Å². The van der Waals surface area contributed by atoms with Crippen molar-refractivity contribution in [2.45, 2.75) is 38.4 Å². The topological polar surface area (TPSA) is 35.0 Å². The van der Waals surface area contributed by atoms with Crippen molar-refractivity contribution >= 4 is 11.6 Å². The highest BCUT2D eigenvalue weighted by Gasteiger charge is 2.15. The number of nitrogens with zero attached hydrogens (tertiary/aromatic N) is 2. The first kappa shape index (κ1) is 9.87. The molecule has 14 heavy (non-hydrogen) atoms. The SMILES string of the molecule is Clc1cnc(COC2CCCC2)cn1. The highest BCUT2D eigenvalue weighted by Crippen LogP contribution is 2.21. The zero-order valence-electron chi connectivity index (χ0n) is 7.95. The maximum atomic E-state index is 5.68. The van der Waals surface area contributed by atoms with E-state index in [4.69, 9.17) is 16.3 Å². The van der Waals surface area contributed by atoms with Gasteiger partial charge in [0.2, 0.25) is 0 Å². The maximum Gasteiger partial charge on any atom is 0.147 e. The van der Waals surface area contributed by atoms with Crippen LogP contribution in [-0.4, -0.2) is 16.1 Å². The van der Waals surface area contributed by atoms with Crippen LogP contribution in [0.4, 0.5) is 0 Å². The fourth-order valence-corrected chi connectivity index (χ4v) is 1.77. The number of ether oxygens (including phenoxy) is 1. The standard InChI is InChI=1S/C10H13ClN2O/c11-10-6-12-8(5-13-10)7-14-9-3-1-2-4-9/h5-6,9H,1-4,7H2. The van der Waals surface area contributed by atoms with Crippen molar-refractivity contribution in [3.8, 4) is 0 Å². The third kappa shape index (κ3) is 2.66. The Hall–Kier alpha value is -0.670. The summed E-state index contributed by atoms with van der Waals surface area (Å²) in [7, 11) is 0. The zero-order chi connectivity index (χ0) is 9.80. The smallest absolute Gasteiger partial charge is 0.147 e. The Balaban J connectivity index is 1.82. The number of rotatable bonds is 3. The fourth-order valence-electron chi connectivity index (χ4n) is 1.67. The molecule has 0 radical (unpaired) electrons. The normalized spacial score (nSPS) is 17.5. The molecule has 0 aromatic carbocycles. The molecule has 0 bridgehead atoms. The largest absolute Gasteiger partial charge is 0.372 e. The second-order valence-electron chi connectivity index (χ2n) is 3.55. The van der Waals surface area contributed by atoms with E-state index in [0.717, 1.165) is 5.69 Å². The van der Waals surface area contributed by atoms with Crippen molar-refractivity contribution in [3.63, 3.8) is 0 Å². The van der Waals surface area contributed by atoms with Crippen LogP contribution in [0.15, 0.2) is 12.4 Å². The van der Waals surface area contributed by atoms with E-state index in [2.05, 4.69) is 9.97 Å². The van der Waals surface area contributed by atoms with Gasteiger partial charge in [-0.05, 0) is 12.8 Å². The van der Waals surface area contributed by atoms with Crippen LogP contribution in [0.2, 0.25) is 5.15 Å². The molecule has 3 nitrogen and oxygen atoms in total. The van der Waals surface area contributed by atoms with Crippen molar-refractivity contribution in [2.24, 2.45) is 0 Å². The summed E-state index contributed by atoms with van der Waals surface area (Å²) in [5.41, 5.74) is 0.848. The predicted octanol–water partition coefficient (Wildman–Crippen LogP) is 2.59. The second-order valence-corrected chi connectivity index (χ2v) is 3.94. The molecule has 1 heterocycles. The first-order chi connectivity index (χ1) is 6.84. The molecule has 2 rings (SSSR count). The summed E-state index contributed by atoms with van der Waals surface area (Å²) in [4.78, 5) is 8.07. The van der Waals surface area contributed by atoms with Crippen LogP contribution in [0.5, 0.6) is 0 Å². The number of hydrogen-bond donors (Lipinski definition) is 0. The lowest BCUT2D eigenvalue weighted by atomic mass is 10.3. The van der Waals surface area contributed by atoms with Crippen LogP contribution in [0.1, 0.15) is 31.4 Å². The second kappa shape index (κ2) is 4.71. The van der Waals surface area contributed by atoms with Gasteiger partial charge in [0.25, 0.3) is 0 Å². The van der Waals surface area contributed by atoms with Gasteiger partial charge >= 0.3 is 0 Å². The van der Waals surface area contributed by atoms with Gasteiger partial charge in [0.1, 0.15) is 5.15 Å². The van der Waals surface area contributed by atoms with Crippen LogP contribution in [0.25, 0.3) is 0 Å². The van der Waals surface area contributed by atoms with Gasteiger partial charge in [-0.15, -0.1) is 0 Å². The summed E-state index contributed by atoms with van der Waals surface area (Å²) in [6.07, 6.45) is 8.58. The van der Waals surface area contributed by atoms with Gasteiger partial charge in [0, 0.05) is 0 Å². The minimum Gasteiger partial charge on any atom is -0.372 e. The number of hydrogen-bond acceptors (Lipinski definition) is 3. The van der Waals surface area contributed by atoms with E-state index in [-0.39, 0.29) is 0 Å². The molecule has 0 atom stereocenters. The van der Waals surface area contributed by atoms with Crippen molar-refractivity contribution in [1.82, 2.24) is 9.97 Å². The minimum absolute atomic E-state index is 0.424. The molecule has 1 fully saturated rings. The Bertz CT molecular complexity index is 283. The van der Waals surface area contributed by atoms with Crippen molar-refractivity contribution in [3.05, 3.63) is 23.2 Å². The van der Waals surface area contributed by atoms with Crippen LogP contribution < -0.4 is 0 Å². The van der Waals surface area contributed by atoms with E-state index in [1.54, 1.807) is 12.4 Å². The molecule has 0 N–H and O–H groups in total. The van der Waals surface area contributed by atoms with Crippen LogP contribution in [0.3, 0.4) is 0 Å². The molecule has 0 saturated heterocycles. The van der Waals surface area contributed by atoms with E-state index in [0.29, 0.717) is 17.9 Å². The van der Waals surface area contributed by atoms with E-state index >= 15 is 0 Å². The Kier molecular flexibility index (Phi) is 3.32. The van der Waals surface area contributed by atoms with Crippen LogP contribution >= 0.6 is 11.6 Å². The summed E-state index contributed by atoms with van der Waals surface area (Å²) >= 11 is 5.62. The fraction of sp³-hybridized carbons (Fsp3) is 0.600. The summed E-state index contributed by atoms with van der Waals surface area (Å²) in [6, 6.07) is 0. The van der Waals surface area contributed by atoms with Crippen LogP contribution in [0, 0.1) is 0 Å². The number of aromatic nitrogens is 2. The van der Waals surface area contributed by atoms with Crippen molar-refractivity contribution in [2.75, 3.05) is 0 Å². The van der Waals surface area contributed by atoms with Gasteiger partial charge < -0.3 is 4.74 Å². The van der Waals surface area contributed by atoms with Gasteiger partial charge in [-0.25, -0.2) is 4.98 Å². The van der Waals surface area contributed by atoms with Gasteiger partial charge in [-0.1, -0.05) is 24.4 Å². The van der Waals surface area contributed by atoms with E-state index in [1.807, 2.05) is 0 Å². The molecule has 0 spiro atoms. The summed E-state index contributed by atoms with van der Waals surface area (Å²) < 4.78 is 5.68. The first-order valence-corrected chi connectivity index (χ1v) is 5.30. The molecule has 4 heteroatoms. The predicted molar refractivity (Wildman–Crippen MR) is 54.1 cm³/mol. The molecular weight excluding hydrogens is 200 g/mol. The first-order valence-electron chi connectivity index (χ1n) is 4.92. The van der Waals surface area contributed by atoms with E-state index in [1.165, 1.54) is 25.7 Å². The van der Waals surface area contributed by atoms with Crippen molar-refractivity contribution in [1.29, 1.82) is 0 Å². The highest BCUT2D eigenvalue weighted by atomic mass is 35.5. The van der Waals surface area contributed by atoms with Crippen LogP contribution in [-0.2, 0) is 11.3 Å². The summed E-state index contributed by atoms with van der Waals surface area (Å²) in [5, 5.41) is 0.426. The lowest BCUT2D eigenvalue weighted by Gasteiger charge is -2.09. The Labute approximate surface area is 88.5 Å². The average molecular weight is 213 g/mol. The summed E-state index contributed by atoms with van der Waals surface area (Å²) in [6.45, 7) is 0.550. The van der Waals surface area contributed by atoms with Gasteiger partial charge in [-0.2, -0.15) is 0 Å². The molecule has 0 aliphatic heterocycles. The monoisotopic (exact) mass is 212 g/mol. The minimum atomic E-state index is 0.424. The third-order valence-corrected chi connectivity index (χ3v) is 2.64. The molecule has 1 aromatic heterocycles. The number of halogens is 1. The highest BCUT2D eigenvalue weighted by molar-refractivity contribution is 6.29. The van der Waals surface area contributed by atoms with Gasteiger partial charge in [0.05, 0.1) is 30.8 Å². The lowest BCUT2D eigenvalue weighted by molar-refractivity contribution is 0.0436. The third-order valence-electron chi connectivity index (χ3n) is 2.44. The molecule has 1 saturated carbocycles. The average Bonchev–Trinajstić information content (AvgIpc) is 2.70. The molecule has 0 amide bonds. The molecule has 1 aliphatic rings. The molecule has 0 unspecified atom stereocenters. The van der Waals surface area contributed by atoms with Gasteiger partial charge in [-0.3, -0.25) is 4.98 Å². The summed E-state index contributed by atoms with van der Waals surface area (Å²) in [5.74, 6) is 0. The Morgan fingerprint density at radius 3 is 2.71 bits per heavy atom. The zero-order valence-corrected chi connectivity index (χ0v) is 8.70. The van der Waals surface area contributed by atoms with E-state index < -0.39 is 0 Å². The Morgan fingerprint density at radius 1 is 1.29 bits per heavy atom. The molecular formula is C10H13ClN2O. The van der Waals surface area contributed by atoms with Gasteiger partial charge in [0.15, 0.2) is 0 Å². The molecule has 1 aromatic rings. The molecule has 1 aliphatic carbocycles. The van der Waals surface area contributed by atoms with E-state index in [9.17, 15) is 0 Å². The lowest BCUT2D eigenvalue weighted by Crippen LogP contribution is -2.08. The quantitative estimate of drug-likeness (QED) is 0.773. The Morgan fingerprint density at radius 2 is 2.07 bits per heavy atom. The molecule has 76 valence electrons.